The van der Waals surface area contributed by atoms with Gasteiger partial charge in [0.2, 0.25) is 0 Å². The van der Waals surface area contributed by atoms with Gasteiger partial charge in [0.1, 0.15) is 5.82 Å². The van der Waals surface area contributed by atoms with Gasteiger partial charge in [-0.1, -0.05) is 19.8 Å². The molecule has 1 aromatic rings. The monoisotopic (exact) mass is 236 g/mol. The van der Waals surface area contributed by atoms with E-state index < -0.39 is 0 Å². The second kappa shape index (κ2) is 4.94. The maximum absolute atomic E-state index is 13.0. The summed E-state index contributed by atoms with van der Waals surface area (Å²) in [6.45, 7) is 2.30. The van der Waals surface area contributed by atoms with E-state index in [9.17, 15) is 4.39 Å². The van der Waals surface area contributed by atoms with E-state index in [0.29, 0.717) is 11.7 Å². The van der Waals surface area contributed by atoms with Crippen LogP contribution in [0.15, 0.2) is 18.2 Å². The summed E-state index contributed by atoms with van der Waals surface area (Å²) in [7, 11) is 2.06. The minimum absolute atomic E-state index is 0.267. The number of benzene rings is 1. The molecule has 2 N–H and O–H groups in total. The van der Waals surface area contributed by atoms with Crippen LogP contribution in [0.3, 0.4) is 0 Å². The number of hydrogen-bond donors (Lipinski definition) is 1. The lowest BCUT2D eigenvalue weighted by Crippen LogP contribution is -2.35. The number of nitrogens with two attached hydrogens (primary N) is 1. The molecular weight excluding hydrogens is 215 g/mol. The molecule has 17 heavy (non-hydrogen) atoms. The maximum Gasteiger partial charge on any atom is 0.125 e. The average Bonchev–Trinajstić information content (AvgIpc) is 2.28. The molecule has 0 radical (unpaired) electrons. The predicted octanol–water partition coefficient (Wildman–Crippen LogP) is 3.42. The molecule has 0 amide bonds. The Hall–Kier alpha value is -1.25. The SMILES string of the molecule is CC1CCCC(N(C)c2ccc(F)cc2N)C1. The Kier molecular flexibility index (Phi) is 3.55. The molecule has 3 heteroatoms. The van der Waals surface area contributed by atoms with Crippen LogP contribution in [-0.2, 0) is 0 Å². The molecule has 2 nitrogen and oxygen atoms in total. The van der Waals surface area contributed by atoms with Crippen LogP contribution in [0.4, 0.5) is 15.8 Å². The van der Waals surface area contributed by atoms with E-state index in [1.807, 2.05) is 0 Å². The van der Waals surface area contributed by atoms with Crippen molar-refractivity contribution in [2.75, 3.05) is 17.7 Å². The second-order valence-corrected chi connectivity index (χ2v) is 5.24. The van der Waals surface area contributed by atoms with Gasteiger partial charge >= 0.3 is 0 Å². The topological polar surface area (TPSA) is 29.3 Å². The van der Waals surface area contributed by atoms with Crippen molar-refractivity contribution in [2.24, 2.45) is 5.92 Å². The lowest BCUT2D eigenvalue weighted by molar-refractivity contribution is 0.336. The standard InChI is InChI=1S/C14H21FN2/c1-10-4-3-5-12(8-10)17(2)14-7-6-11(15)9-13(14)16/h6-7,9-10,12H,3-5,8,16H2,1-2H3. The van der Waals surface area contributed by atoms with Crippen molar-refractivity contribution < 1.29 is 4.39 Å². The summed E-state index contributed by atoms with van der Waals surface area (Å²) in [5.41, 5.74) is 7.36. The molecule has 94 valence electrons. The van der Waals surface area contributed by atoms with Crippen LogP contribution >= 0.6 is 0 Å². The van der Waals surface area contributed by atoms with E-state index in [-0.39, 0.29) is 5.82 Å². The fourth-order valence-electron chi connectivity index (χ4n) is 2.80. The first-order valence-electron chi connectivity index (χ1n) is 6.36. The molecule has 0 spiro atoms. The zero-order valence-corrected chi connectivity index (χ0v) is 10.6. The molecule has 2 atom stereocenters. The Bertz CT molecular complexity index is 392. The molecule has 1 saturated carbocycles. The molecule has 1 aliphatic rings. The number of halogens is 1. The van der Waals surface area contributed by atoms with Crippen LogP contribution in [0.25, 0.3) is 0 Å². The maximum atomic E-state index is 13.0. The van der Waals surface area contributed by atoms with Gasteiger partial charge in [-0.2, -0.15) is 0 Å². The van der Waals surface area contributed by atoms with E-state index in [1.54, 1.807) is 6.07 Å². The first-order valence-corrected chi connectivity index (χ1v) is 6.36. The molecule has 0 aromatic heterocycles. The first kappa shape index (κ1) is 12.2. The lowest BCUT2D eigenvalue weighted by Gasteiger charge is -2.36. The highest BCUT2D eigenvalue weighted by Gasteiger charge is 2.23. The molecule has 0 bridgehead atoms. The van der Waals surface area contributed by atoms with Crippen LogP contribution in [0.5, 0.6) is 0 Å². The molecule has 1 aromatic carbocycles. The van der Waals surface area contributed by atoms with E-state index in [4.69, 9.17) is 5.73 Å². The summed E-state index contributed by atoms with van der Waals surface area (Å²) in [6.07, 6.45) is 5.01. The normalized spacial score (nSPS) is 24.6. The summed E-state index contributed by atoms with van der Waals surface area (Å²) in [6, 6.07) is 5.20. The van der Waals surface area contributed by atoms with Gasteiger partial charge in [0.05, 0.1) is 11.4 Å². The Morgan fingerprint density at radius 1 is 1.35 bits per heavy atom. The van der Waals surface area contributed by atoms with E-state index >= 15 is 0 Å². The zero-order valence-electron chi connectivity index (χ0n) is 10.6. The summed E-state index contributed by atoms with van der Waals surface area (Å²) in [5, 5.41) is 0. The van der Waals surface area contributed by atoms with Gasteiger partial charge in [-0.25, -0.2) is 4.39 Å². The van der Waals surface area contributed by atoms with Gasteiger partial charge in [0, 0.05) is 13.1 Å². The van der Waals surface area contributed by atoms with Crippen LogP contribution in [-0.4, -0.2) is 13.1 Å². The van der Waals surface area contributed by atoms with Crippen molar-refractivity contribution in [3.63, 3.8) is 0 Å². The van der Waals surface area contributed by atoms with Crippen LogP contribution in [0.2, 0.25) is 0 Å². The molecule has 2 rings (SSSR count). The fourth-order valence-corrected chi connectivity index (χ4v) is 2.80. The number of hydrogen-bond acceptors (Lipinski definition) is 2. The van der Waals surface area contributed by atoms with Gasteiger partial charge in [0.25, 0.3) is 0 Å². The highest BCUT2D eigenvalue weighted by Crippen LogP contribution is 2.32. The van der Waals surface area contributed by atoms with E-state index in [0.717, 1.165) is 11.6 Å². The Morgan fingerprint density at radius 2 is 2.12 bits per heavy atom. The quantitative estimate of drug-likeness (QED) is 0.797. The summed E-state index contributed by atoms with van der Waals surface area (Å²) >= 11 is 0. The minimum Gasteiger partial charge on any atom is -0.397 e. The zero-order chi connectivity index (χ0) is 12.4. The molecule has 0 saturated heterocycles. The second-order valence-electron chi connectivity index (χ2n) is 5.24. The van der Waals surface area contributed by atoms with Gasteiger partial charge in [0.15, 0.2) is 0 Å². The predicted molar refractivity (Wildman–Crippen MR) is 70.6 cm³/mol. The number of anilines is 2. The van der Waals surface area contributed by atoms with Gasteiger partial charge in [-0.15, -0.1) is 0 Å². The number of nitrogens with zero attached hydrogens (tertiary/aromatic N) is 1. The molecule has 2 unspecified atom stereocenters. The lowest BCUT2D eigenvalue weighted by atomic mass is 9.86. The Balaban J connectivity index is 2.15. The highest BCUT2D eigenvalue weighted by molar-refractivity contribution is 5.67. The molecule has 1 fully saturated rings. The van der Waals surface area contributed by atoms with E-state index in [2.05, 4.69) is 18.9 Å². The van der Waals surface area contributed by atoms with Crippen LogP contribution in [0, 0.1) is 11.7 Å². The summed E-state index contributed by atoms with van der Waals surface area (Å²) < 4.78 is 13.0. The third kappa shape index (κ3) is 2.71. The molecular formula is C14H21FN2. The van der Waals surface area contributed by atoms with Crippen molar-refractivity contribution in [3.8, 4) is 0 Å². The minimum atomic E-state index is -0.267. The van der Waals surface area contributed by atoms with Crippen molar-refractivity contribution in [2.45, 2.75) is 38.6 Å². The van der Waals surface area contributed by atoms with Crippen LogP contribution in [0.1, 0.15) is 32.6 Å². The van der Waals surface area contributed by atoms with Gasteiger partial charge in [-0.3, -0.25) is 0 Å². The number of rotatable bonds is 2. The van der Waals surface area contributed by atoms with Crippen molar-refractivity contribution in [1.82, 2.24) is 0 Å². The largest absolute Gasteiger partial charge is 0.397 e. The molecule has 1 aliphatic carbocycles. The van der Waals surface area contributed by atoms with Crippen molar-refractivity contribution in [1.29, 1.82) is 0 Å². The molecule has 0 heterocycles. The number of nitrogen functional groups attached to an aromatic ring is 1. The van der Waals surface area contributed by atoms with Crippen LogP contribution < -0.4 is 10.6 Å². The smallest absolute Gasteiger partial charge is 0.125 e. The van der Waals surface area contributed by atoms with Gasteiger partial charge in [-0.05, 0) is 37.0 Å². The Morgan fingerprint density at radius 3 is 2.76 bits per heavy atom. The van der Waals surface area contributed by atoms with Crippen molar-refractivity contribution >= 4 is 11.4 Å². The first-order chi connectivity index (χ1) is 8.08. The third-order valence-electron chi connectivity index (χ3n) is 3.83. The summed E-state index contributed by atoms with van der Waals surface area (Å²) in [4.78, 5) is 2.21. The fraction of sp³-hybridized carbons (Fsp3) is 0.571. The third-order valence-corrected chi connectivity index (χ3v) is 3.83. The Labute approximate surface area is 103 Å². The summed E-state index contributed by atoms with van der Waals surface area (Å²) in [5.74, 6) is 0.509. The highest BCUT2D eigenvalue weighted by atomic mass is 19.1. The van der Waals surface area contributed by atoms with Gasteiger partial charge < -0.3 is 10.6 Å². The van der Waals surface area contributed by atoms with Crippen molar-refractivity contribution in [3.05, 3.63) is 24.0 Å². The van der Waals surface area contributed by atoms with E-state index in [1.165, 1.54) is 37.8 Å². The average molecular weight is 236 g/mol. The molecule has 0 aliphatic heterocycles.